The first-order valence-electron chi connectivity index (χ1n) is 5.11. The Bertz CT molecular complexity index is 471. The third kappa shape index (κ3) is 2.14. The third-order valence-corrected chi connectivity index (χ3v) is 3.12. The van der Waals surface area contributed by atoms with E-state index in [1.807, 2.05) is 42.6 Å². The lowest BCUT2D eigenvalue weighted by atomic mass is 10.1. The summed E-state index contributed by atoms with van der Waals surface area (Å²) in [5.74, 6) is 0.856. The Morgan fingerprint density at radius 1 is 1.25 bits per heavy atom. The SMILES string of the molecule is CCOc1ccc(-c2ccsc2C=O)cc1. The van der Waals surface area contributed by atoms with Gasteiger partial charge in [-0.15, -0.1) is 11.3 Å². The molecule has 3 heteroatoms. The van der Waals surface area contributed by atoms with E-state index in [2.05, 4.69) is 0 Å². The largest absolute Gasteiger partial charge is 0.494 e. The molecule has 16 heavy (non-hydrogen) atoms. The number of carbonyl (C=O) groups is 1. The number of hydrogen-bond donors (Lipinski definition) is 0. The molecule has 0 atom stereocenters. The van der Waals surface area contributed by atoms with Crippen LogP contribution < -0.4 is 4.74 Å². The lowest BCUT2D eigenvalue weighted by Gasteiger charge is -2.04. The highest BCUT2D eigenvalue weighted by atomic mass is 32.1. The Morgan fingerprint density at radius 3 is 2.62 bits per heavy atom. The molecule has 2 rings (SSSR count). The van der Waals surface area contributed by atoms with Gasteiger partial charge in [-0.2, -0.15) is 0 Å². The van der Waals surface area contributed by atoms with Gasteiger partial charge in [-0.1, -0.05) is 12.1 Å². The van der Waals surface area contributed by atoms with Crippen molar-refractivity contribution in [3.63, 3.8) is 0 Å². The lowest BCUT2D eigenvalue weighted by molar-refractivity contribution is 0.112. The van der Waals surface area contributed by atoms with Gasteiger partial charge in [0, 0.05) is 5.56 Å². The summed E-state index contributed by atoms with van der Waals surface area (Å²) in [7, 11) is 0. The molecule has 0 unspecified atom stereocenters. The van der Waals surface area contributed by atoms with E-state index in [4.69, 9.17) is 4.74 Å². The molecule has 0 spiro atoms. The maximum Gasteiger partial charge on any atom is 0.160 e. The fourth-order valence-electron chi connectivity index (χ4n) is 1.55. The number of ether oxygens (including phenoxy) is 1. The molecule has 0 saturated carbocycles. The molecule has 0 amide bonds. The highest BCUT2D eigenvalue weighted by Crippen LogP contribution is 2.28. The molecular weight excluding hydrogens is 220 g/mol. The van der Waals surface area contributed by atoms with Crippen LogP contribution in [0, 0.1) is 0 Å². The van der Waals surface area contributed by atoms with Crippen molar-refractivity contribution in [2.75, 3.05) is 6.61 Å². The number of benzene rings is 1. The molecule has 2 aromatic rings. The molecule has 1 aromatic heterocycles. The second-order valence-electron chi connectivity index (χ2n) is 3.27. The zero-order valence-corrected chi connectivity index (χ0v) is 9.79. The van der Waals surface area contributed by atoms with Gasteiger partial charge in [-0.25, -0.2) is 0 Å². The van der Waals surface area contributed by atoms with E-state index in [-0.39, 0.29) is 0 Å². The van der Waals surface area contributed by atoms with E-state index in [9.17, 15) is 4.79 Å². The third-order valence-electron chi connectivity index (χ3n) is 2.28. The van der Waals surface area contributed by atoms with Gasteiger partial charge >= 0.3 is 0 Å². The lowest BCUT2D eigenvalue weighted by Crippen LogP contribution is -1.90. The summed E-state index contributed by atoms with van der Waals surface area (Å²) >= 11 is 1.46. The molecule has 0 bridgehead atoms. The summed E-state index contributed by atoms with van der Waals surface area (Å²) in [6, 6.07) is 9.75. The monoisotopic (exact) mass is 232 g/mol. The van der Waals surface area contributed by atoms with Crippen LogP contribution in [0.5, 0.6) is 5.75 Å². The van der Waals surface area contributed by atoms with Crippen LogP contribution in [0.1, 0.15) is 16.6 Å². The Balaban J connectivity index is 2.31. The minimum atomic E-state index is 0.664. The van der Waals surface area contributed by atoms with Crippen molar-refractivity contribution in [2.45, 2.75) is 6.92 Å². The first-order valence-corrected chi connectivity index (χ1v) is 5.99. The fourth-order valence-corrected chi connectivity index (χ4v) is 2.27. The summed E-state index contributed by atoms with van der Waals surface area (Å²) in [6.07, 6.45) is 0.899. The number of rotatable bonds is 4. The molecular formula is C13H12O2S. The molecule has 0 fully saturated rings. The Hall–Kier alpha value is -1.61. The molecule has 2 nitrogen and oxygen atoms in total. The summed E-state index contributed by atoms with van der Waals surface area (Å²) in [4.78, 5) is 11.6. The van der Waals surface area contributed by atoms with Gasteiger partial charge in [-0.05, 0) is 36.1 Å². The van der Waals surface area contributed by atoms with E-state index in [1.165, 1.54) is 11.3 Å². The topological polar surface area (TPSA) is 26.3 Å². The second-order valence-corrected chi connectivity index (χ2v) is 4.22. The van der Waals surface area contributed by atoms with E-state index in [0.29, 0.717) is 6.61 Å². The van der Waals surface area contributed by atoms with Gasteiger partial charge in [0.2, 0.25) is 0 Å². The smallest absolute Gasteiger partial charge is 0.160 e. The molecule has 0 saturated heterocycles. The average Bonchev–Trinajstić information content (AvgIpc) is 2.78. The summed E-state index contributed by atoms with van der Waals surface area (Å²) in [6.45, 7) is 2.62. The summed E-state index contributed by atoms with van der Waals surface area (Å²) in [5.41, 5.74) is 2.04. The second kappa shape index (κ2) is 4.94. The molecule has 0 aliphatic carbocycles. The standard InChI is InChI=1S/C13H12O2S/c1-2-15-11-5-3-10(4-6-11)12-7-8-16-13(12)9-14/h3-9H,2H2,1H3. The first-order chi connectivity index (χ1) is 7.85. The predicted molar refractivity (Wildman–Crippen MR) is 66.3 cm³/mol. The maximum absolute atomic E-state index is 10.8. The zero-order chi connectivity index (χ0) is 11.4. The number of carbonyl (C=O) groups excluding carboxylic acids is 1. The number of hydrogen-bond acceptors (Lipinski definition) is 3. The highest BCUT2D eigenvalue weighted by Gasteiger charge is 2.05. The van der Waals surface area contributed by atoms with Gasteiger partial charge < -0.3 is 4.74 Å². The van der Waals surface area contributed by atoms with Crippen LogP contribution in [0.3, 0.4) is 0 Å². The Morgan fingerprint density at radius 2 is 2.00 bits per heavy atom. The Kier molecular flexibility index (Phi) is 3.37. The van der Waals surface area contributed by atoms with Crippen LogP contribution in [0.4, 0.5) is 0 Å². The molecule has 82 valence electrons. The van der Waals surface area contributed by atoms with Crippen molar-refractivity contribution in [2.24, 2.45) is 0 Å². The zero-order valence-electron chi connectivity index (χ0n) is 8.97. The average molecular weight is 232 g/mol. The van der Waals surface area contributed by atoms with Crippen LogP contribution in [0.15, 0.2) is 35.7 Å². The molecule has 1 aromatic carbocycles. The van der Waals surface area contributed by atoms with E-state index in [0.717, 1.165) is 28.0 Å². The highest BCUT2D eigenvalue weighted by molar-refractivity contribution is 7.12. The first kappa shape index (κ1) is 10.9. The van der Waals surface area contributed by atoms with Crippen molar-refractivity contribution in [3.05, 3.63) is 40.6 Å². The van der Waals surface area contributed by atoms with Crippen LogP contribution in [-0.2, 0) is 0 Å². The fraction of sp³-hybridized carbons (Fsp3) is 0.154. The van der Waals surface area contributed by atoms with Gasteiger partial charge in [0.25, 0.3) is 0 Å². The van der Waals surface area contributed by atoms with Crippen LogP contribution in [0.25, 0.3) is 11.1 Å². The molecule has 0 aliphatic rings. The molecule has 0 N–H and O–H groups in total. The quantitative estimate of drug-likeness (QED) is 0.752. The van der Waals surface area contributed by atoms with Crippen molar-refractivity contribution < 1.29 is 9.53 Å². The predicted octanol–water partition coefficient (Wildman–Crippen LogP) is 3.63. The van der Waals surface area contributed by atoms with Crippen LogP contribution in [0.2, 0.25) is 0 Å². The molecule has 1 heterocycles. The van der Waals surface area contributed by atoms with Crippen LogP contribution >= 0.6 is 11.3 Å². The van der Waals surface area contributed by atoms with E-state index >= 15 is 0 Å². The minimum Gasteiger partial charge on any atom is -0.494 e. The van der Waals surface area contributed by atoms with E-state index < -0.39 is 0 Å². The normalized spacial score (nSPS) is 10.1. The van der Waals surface area contributed by atoms with Crippen molar-refractivity contribution >= 4 is 17.6 Å². The minimum absolute atomic E-state index is 0.664. The number of thiophene rings is 1. The van der Waals surface area contributed by atoms with Gasteiger partial charge in [0.05, 0.1) is 11.5 Å². The summed E-state index contributed by atoms with van der Waals surface area (Å²) in [5, 5.41) is 1.93. The van der Waals surface area contributed by atoms with Crippen molar-refractivity contribution in [3.8, 4) is 16.9 Å². The van der Waals surface area contributed by atoms with Crippen LogP contribution in [-0.4, -0.2) is 12.9 Å². The van der Waals surface area contributed by atoms with Gasteiger partial charge in [-0.3, -0.25) is 4.79 Å². The number of aldehydes is 1. The molecule has 0 radical (unpaired) electrons. The van der Waals surface area contributed by atoms with Crippen molar-refractivity contribution in [1.29, 1.82) is 0 Å². The molecule has 0 aliphatic heterocycles. The Labute approximate surface area is 98.5 Å². The maximum atomic E-state index is 10.8. The van der Waals surface area contributed by atoms with Gasteiger partial charge in [0.1, 0.15) is 5.75 Å². The summed E-state index contributed by atoms with van der Waals surface area (Å²) < 4.78 is 5.37. The van der Waals surface area contributed by atoms with Gasteiger partial charge in [0.15, 0.2) is 6.29 Å². The van der Waals surface area contributed by atoms with Crippen molar-refractivity contribution in [1.82, 2.24) is 0 Å². The van der Waals surface area contributed by atoms with E-state index in [1.54, 1.807) is 0 Å².